The number of nitrogens with zero attached hydrogens (tertiary/aromatic N) is 2. The highest BCUT2D eigenvalue weighted by atomic mass is 16.4. The van der Waals surface area contributed by atoms with E-state index in [1.807, 2.05) is 72.8 Å². The normalized spacial score (nSPS) is 11.8. The van der Waals surface area contributed by atoms with Gasteiger partial charge in [-0.25, -0.2) is 4.98 Å². The Morgan fingerprint density at radius 1 is 0.375 bits per heavy atom. The molecule has 0 saturated heterocycles. The van der Waals surface area contributed by atoms with Crippen molar-refractivity contribution in [3.63, 3.8) is 0 Å². The van der Waals surface area contributed by atoms with Gasteiger partial charge < -0.3 is 18.2 Å². The highest BCUT2D eigenvalue weighted by Crippen LogP contribution is 2.41. The molecule has 5 nitrogen and oxygen atoms in total. The van der Waals surface area contributed by atoms with E-state index in [2.05, 4.69) is 89.8 Å². The molecule has 226 valence electrons. The number of para-hydroxylation sites is 2. The van der Waals surface area contributed by atoms with Gasteiger partial charge in [0.25, 0.3) is 0 Å². The smallest absolute Gasteiger partial charge is 0.227 e. The molecular formula is C43H26N2O3. The van der Waals surface area contributed by atoms with Gasteiger partial charge in [-0.1, -0.05) is 72.8 Å². The molecule has 0 aliphatic rings. The van der Waals surface area contributed by atoms with Gasteiger partial charge in [-0.15, -0.1) is 0 Å². The molecule has 0 amide bonds. The molecule has 0 bridgehead atoms. The Hall–Kier alpha value is -6.59. The van der Waals surface area contributed by atoms with Crippen LogP contribution in [0.2, 0.25) is 0 Å². The molecule has 0 aliphatic heterocycles. The van der Waals surface area contributed by atoms with Crippen LogP contribution in [0.25, 0.3) is 77.6 Å². The van der Waals surface area contributed by atoms with Gasteiger partial charge in [0.15, 0.2) is 5.58 Å². The van der Waals surface area contributed by atoms with Gasteiger partial charge in [0, 0.05) is 44.9 Å². The summed E-state index contributed by atoms with van der Waals surface area (Å²) in [5.74, 6) is 0.599. The van der Waals surface area contributed by atoms with Crippen molar-refractivity contribution in [2.45, 2.75) is 0 Å². The fraction of sp³-hybridized carbons (Fsp3) is 0. The lowest BCUT2D eigenvalue weighted by atomic mass is 10.0. The fourth-order valence-corrected chi connectivity index (χ4v) is 6.82. The monoisotopic (exact) mass is 618 g/mol. The Labute approximate surface area is 274 Å². The predicted molar refractivity (Wildman–Crippen MR) is 194 cm³/mol. The molecule has 0 unspecified atom stereocenters. The summed E-state index contributed by atoms with van der Waals surface area (Å²) in [6, 6.07) is 54.0. The van der Waals surface area contributed by atoms with Gasteiger partial charge >= 0.3 is 0 Å². The Balaban J connectivity index is 1.06. The molecule has 48 heavy (non-hydrogen) atoms. The van der Waals surface area contributed by atoms with Crippen molar-refractivity contribution in [2.75, 3.05) is 4.90 Å². The van der Waals surface area contributed by atoms with E-state index in [0.29, 0.717) is 5.89 Å². The van der Waals surface area contributed by atoms with Crippen molar-refractivity contribution in [2.24, 2.45) is 0 Å². The third-order valence-corrected chi connectivity index (χ3v) is 9.11. The Bertz CT molecular complexity index is 2770. The van der Waals surface area contributed by atoms with Crippen LogP contribution in [-0.2, 0) is 0 Å². The number of hydrogen-bond acceptors (Lipinski definition) is 5. The van der Waals surface area contributed by atoms with E-state index in [-0.39, 0.29) is 0 Å². The molecule has 0 spiro atoms. The zero-order chi connectivity index (χ0) is 31.6. The van der Waals surface area contributed by atoms with E-state index in [4.69, 9.17) is 18.2 Å². The molecule has 0 fully saturated rings. The van der Waals surface area contributed by atoms with Crippen LogP contribution in [0.4, 0.5) is 17.1 Å². The maximum absolute atomic E-state index is 6.27. The standard InChI is InChI=1S/C43H26N2O3/c1-3-9-28(10-4-1)43-44-42-39(48-43)24-23-38-41(42)35-25-29(17-22-37(35)46-38)27-15-18-31(19-16-27)45(30-11-5-2-6-12-30)32-20-21-34-33-13-7-8-14-36(33)47-40(34)26-32/h1-26H. The molecule has 7 aromatic carbocycles. The molecule has 10 rings (SSSR count). The summed E-state index contributed by atoms with van der Waals surface area (Å²) in [7, 11) is 0. The molecule has 0 atom stereocenters. The molecule has 3 heterocycles. The quantitative estimate of drug-likeness (QED) is 0.192. The Morgan fingerprint density at radius 3 is 1.85 bits per heavy atom. The molecule has 5 heteroatoms. The van der Waals surface area contributed by atoms with E-state index in [1.165, 1.54) is 0 Å². The Kier molecular flexibility index (Phi) is 5.81. The third-order valence-electron chi connectivity index (χ3n) is 9.11. The molecule has 10 aromatic rings. The second-order valence-corrected chi connectivity index (χ2v) is 12.0. The zero-order valence-electron chi connectivity index (χ0n) is 25.6. The lowest BCUT2D eigenvalue weighted by Crippen LogP contribution is -2.09. The van der Waals surface area contributed by atoms with Crippen LogP contribution in [0.15, 0.2) is 171 Å². The first-order chi connectivity index (χ1) is 23.8. The molecule has 0 saturated carbocycles. The van der Waals surface area contributed by atoms with Crippen molar-refractivity contribution in [3.8, 4) is 22.6 Å². The number of rotatable bonds is 5. The highest BCUT2D eigenvalue weighted by molar-refractivity contribution is 6.17. The summed E-state index contributed by atoms with van der Waals surface area (Å²) in [5.41, 5.74) is 11.2. The van der Waals surface area contributed by atoms with E-state index in [1.54, 1.807) is 0 Å². The van der Waals surface area contributed by atoms with Gasteiger partial charge in [0.05, 0.1) is 5.39 Å². The minimum Gasteiger partial charge on any atom is -0.456 e. The van der Waals surface area contributed by atoms with Crippen molar-refractivity contribution < 1.29 is 13.3 Å². The Morgan fingerprint density at radius 2 is 1.00 bits per heavy atom. The van der Waals surface area contributed by atoms with Crippen LogP contribution in [0, 0.1) is 0 Å². The summed E-state index contributed by atoms with van der Waals surface area (Å²) in [6.07, 6.45) is 0. The van der Waals surface area contributed by atoms with Gasteiger partial charge in [-0.05, 0) is 90.0 Å². The average Bonchev–Trinajstić information content (AvgIpc) is 3.85. The summed E-state index contributed by atoms with van der Waals surface area (Å²) < 4.78 is 18.7. The van der Waals surface area contributed by atoms with Gasteiger partial charge in [-0.3, -0.25) is 0 Å². The first kappa shape index (κ1) is 26.6. The fourth-order valence-electron chi connectivity index (χ4n) is 6.82. The SMILES string of the molecule is c1ccc(-c2nc3c(ccc4oc5ccc(-c6ccc(N(c7ccccc7)c7ccc8c(c7)oc7ccccc78)cc6)cc5c43)o2)cc1. The molecule has 3 aromatic heterocycles. The van der Waals surface area contributed by atoms with E-state index in [9.17, 15) is 0 Å². The van der Waals surface area contributed by atoms with Gasteiger partial charge in [-0.2, -0.15) is 0 Å². The highest BCUT2D eigenvalue weighted by Gasteiger charge is 2.18. The zero-order valence-corrected chi connectivity index (χ0v) is 25.6. The van der Waals surface area contributed by atoms with Crippen LogP contribution < -0.4 is 4.90 Å². The van der Waals surface area contributed by atoms with Crippen molar-refractivity contribution in [1.82, 2.24) is 4.98 Å². The molecule has 0 N–H and O–H groups in total. The summed E-state index contributed by atoms with van der Waals surface area (Å²) in [5, 5.41) is 4.20. The third kappa shape index (κ3) is 4.22. The van der Waals surface area contributed by atoms with E-state index in [0.717, 1.165) is 88.7 Å². The van der Waals surface area contributed by atoms with Crippen LogP contribution in [0.1, 0.15) is 0 Å². The first-order valence-corrected chi connectivity index (χ1v) is 15.9. The molecular weight excluding hydrogens is 592 g/mol. The number of hydrogen-bond donors (Lipinski definition) is 0. The second-order valence-electron chi connectivity index (χ2n) is 12.0. The second kappa shape index (κ2) is 10.5. The van der Waals surface area contributed by atoms with Crippen molar-refractivity contribution in [3.05, 3.63) is 158 Å². The van der Waals surface area contributed by atoms with E-state index >= 15 is 0 Å². The lowest BCUT2D eigenvalue weighted by Gasteiger charge is -2.25. The first-order valence-electron chi connectivity index (χ1n) is 15.9. The summed E-state index contributed by atoms with van der Waals surface area (Å²) >= 11 is 0. The molecule has 0 radical (unpaired) electrons. The van der Waals surface area contributed by atoms with E-state index < -0.39 is 0 Å². The number of fused-ring (bicyclic) bond motifs is 8. The van der Waals surface area contributed by atoms with Gasteiger partial charge in [0.1, 0.15) is 27.8 Å². The summed E-state index contributed by atoms with van der Waals surface area (Å²) in [4.78, 5) is 7.18. The van der Waals surface area contributed by atoms with Crippen LogP contribution in [0.3, 0.4) is 0 Å². The maximum Gasteiger partial charge on any atom is 0.227 e. The minimum absolute atomic E-state index is 0.599. The maximum atomic E-state index is 6.27. The minimum atomic E-state index is 0.599. The molecule has 0 aliphatic carbocycles. The van der Waals surface area contributed by atoms with Crippen LogP contribution >= 0.6 is 0 Å². The van der Waals surface area contributed by atoms with Crippen LogP contribution in [-0.4, -0.2) is 4.98 Å². The lowest BCUT2D eigenvalue weighted by molar-refractivity contribution is 0.619. The predicted octanol–water partition coefficient (Wildman–Crippen LogP) is 12.4. The number of aromatic nitrogens is 1. The number of benzene rings is 7. The largest absolute Gasteiger partial charge is 0.456 e. The number of furan rings is 2. The van der Waals surface area contributed by atoms with Crippen LogP contribution in [0.5, 0.6) is 0 Å². The van der Waals surface area contributed by atoms with Crippen molar-refractivity contribution in [1.29, 1.82) is 0 Å². The number of oxazole rings is 1. The summed E-state index contributed by atoms with van der Waals surface area (Å²) in [6.45, 7) is 0. The van der Waals surface area contributed by atoms with Crippen molar-refractivity contribution >= 4 is 72.0 Å². The number of anilines is 3. The average molecular weight is 619 g/mol. The topological polar surface area (TPSA) is 55.6 Å². The van der Waals surface area contributed by atoms with Gasteiger partial charge in [0.2, 0.25) is 5.89 Å².